The molecule has 1 aromatic carbocycles. The molecular formula is C24H27FN8O4S. The molecule has 0 saturated heterocycles. The Morgan fingerprint density at radius 1 is 1.05 bits per heavy atom. The van der Waals surface area contributed by atoms with Crippen LogP contribution in [0, 0.1) is 5.82 Å². The van der Waals surface area contributed by atoms with E-state index < -0.39 is 27.0 Å². The minimum Gasteiger partial charge on any atom is -0.494 e. The Kier molecular flexibility index (Phi) is 6.73. The Morgan fingerprint density at radius 2 is 1.74 bits per heavy atom. The summed E-state index contributed by atoms with van der Waals surface area (Å²) in [5.74, 6) is 0.132. The second-order valence-electron chi connectivity index (χ2n) is 8.93. The lowest BCUT2D eigenvalue weighted by Gasteiger charge is -2.21. The van der Waals surface area contributed by atoms with Crippen molar-refractivity contribution in [2.45, 2.75) is 44.4 Å². The van der Waals surface area contributed by atoms with E-state index in [0.717, 1.165) is 43.0 Å². The number of para-hydroxylation sites is 1. The van der Waals surface area contributed by atoms with Gasteiger partial charge in [0.1, 0.15) is 23.0 Å². The van der Waals surface area contributed by atoms with E-state index in [1.165, 1.54) is 21.1 Å². The van der Waals surface area contributed by atoms with Crippen molar-refractivity contribution in [3.8, 4) is 28.6 Å². The van der Waals surface area contributed by atoms with Crippen LogP contribution in [0.5, 0.6) is 11.5 Å². The molecule has 0 fully saturated rings. The van der Waals surface area contributed by atoms with E-state index in [0.29, 0.717) is 23.0 Å². The number of rotatable bonds is 9. The quantitative estimate of drug-likeness (QED) is 0.338. The van der Waals surface area contributed by atoms with Crippen molar-refractivity contribution in [2.75, 3.05) is 18.9 Å². The van der Waals surface area contributed by atoms with E-state index in [-0.39, 0.29) is 11.8 Å². The number of methoxy groups -OCH3 is 2. The third kappa shape index (κ3) is 4.44. The maximum absolute atomic E-state index is 13.6. The number of benzene rings is 1. The summed E-state index contributed by atoms with van der Waals surface area (Å²) >= 11 is 0. The second kappa shape index (κ2) is 10.0. The first kappa shape index (κ1) is 25.6. The summed E-state index contributed by atoms with van der Waals surface area (Å²) in [7, 11) is -1.04. The van der Waals surface area contributed by atoms with Crippen LogP contribution in [0.2, 0.25) is 0 Å². The molecule has 3 aromatic heterocycles. The maximum Gasteiger partial charge on any atom is 0.243 e. The molecule has 1 N–H and O–H groups in total. The molecule has 0 bridgehead atoms. The van der Waals surface area contributed by atoms with Gasteiger partial charge in [-0.3, -0.25) is 14.0 Å². The van der Waals surface area contributed by atoms with Crippen LogP contribution in [0.15, 0.2) is 36.8 Å². The SMILES string of the molecule is COc1cccc(OC)c1-n1c(NS(=O)(=O)[C@@H](C)[C@H](C)c2ncc(F)cn2)nnc1-c1cnn2c1CCC2. The van der Waals surface area contributed by atoms with Crippen LogP contribution in [-0.2, 0) is 23.0 Å². The van der Waals surface area contributed by atoms with Gasteiger partial charge in [-0.05, 0) is 31.9 Å². The standard InChI is InChI=1S/C24H27FN8O4S/c1-14(22-26-11-16(25)12-27-22)15(2)38(34,35)31-24-30-29-23(17-13-28-32-10-6-7-18(17)32)33(24)21-19(36-3)8-5-9-20(21)37-4/h5,8-9,11-15H,6-7,10H2,1-4H3,(H,30,31)/t14-,15-/m0/s1. The fourth-order valence-electron chi connectivity index (χ4n) is 4.50. The first-order chi connectivity index (χ1) is 18.2. The summed E-state index contributed by atoms with van der Waals surface area (Å²) in [5, 5.41) is 12.1. The summed E-state index contributed by atoms with van der Waals surface area (Å²) < 4.78 is 57.7. The van der Waals surface area contributed by atoms with Gasteiger partial charge < -0.3 is 9.47 Å². The van der Waals surface area contributed by atoms with Gasteiger partial charge in [-0.15, -0.1) is 10.2 Å². The molecule has 1 aliphatic rings. The minimum absolute atomic E-state index is 0.0557. The van der Waals surface area contributed by atoms with Crippen molar-refractivity contribution in [1.82, 2.24) is 34.5 Å². The van der Waals surface area contributed by atoms with E-state index in [1.807, 2.05) is 4.68 Å². The molecule has 2 atom stereocenters. The molecule has 1 aliphatic heterocycles. The third-order valence-corrected chi connectivity index (χ3v) is 8.59. The van der Waals surface area contributed by atoms with Crippen LogP contribution < -0.4 is 14.2 Å². The van der Waals surface area contributed by atoms with Crippen LogP contribution in [-0.4, -0.2) is 62.4 Å². The number of nitrogens with one attached hydrogen (secondary N) is 1. The Labute approximate surface area is 218 Å². The van der Waals surface area contributed by atoms with Gasteiger partial charge in [0.2, 0.25) is 16.0 Å². The van der Waals surface area contributed by atoms with Crippen LogP contribution in [0.25, 0.3) is 17.1 Å². The Morgan fingerprint density at radius 3 is 2.39 bits per heavy atom. The van der Waals surface area contributed by atoms with Crippen molar-refractivity contribution in [3.63, 3.8) is 0 Å². The zero-order valence-electron chi connectivity index (χ0n) is 21.3. The fourth-order valence-corrected chi connectivity index (χ4v) is 5.73. The zero-order chi connectivity index (χ0) is 27.0. The summed E-state index contributed by atoms with van der Waals surface area (Å²) in [4.78, 5) is 7.90. The highest BCUT2D eigenvalue weighted by atomic mass is 32.2. The topological polar surface area (TPSA) is 139 Å². The molecule has 4 aromatic rings. The lowest BCUT2D eigenvalue weighted by molar-refractivity contribution is 0.391. The number of sulfonamides is 1. The Balaban J connectivity index is 1.62. The highest BCUT2D eigenvalue weighted by molar-refractivity contribution is 7.93. The molecular weight excluding hydrogens is 515 g/mol. The van der Waals surface area contributed by atoms with Crippen LogP contribution >= 0.6 is 0 Å². The molecule has 0 aliphatic carbocycles. The number of aryl methyl sites for hydroxylation is 1. The van der Waals surface area contributed by atoms with Crippen LogP contribution in [0.1, 0.15) is 37.7 Å². The third-order valence-electron chi connectivity index (χ3n) is 6.74. The Hall–Kier alpha value is -4.07. The van der Waals surface area contributed by atoms with Gasteiger partial charge in [0, 0.05) is 18.2 Å². The van der Waals surface area contributed by atoms with Crippen molar-refractivity contribution in [2.24, 2.45) is 0 Å². The van der Waals surface area contributed by atoms with Gasteiger partial charge >= 0.3 is 0 Å². The molecule has 0 unspecified atom stereocenters. The number of nitrogens with zero attached hydrogens (tertiary/aromatic N) is 7. The predicted octanol–water partition coefficient (Wildman–Crippen LogP) is 2.96. The second-order valence-corrected chi connectivity index (χ2v) is 11.0. The van der Waals surface area contributed by atoms with Crippen molar-refractivity contribution >= 4 is 16.0 Å². The molecule has 0 saturated carbocycles. The van der Waals surface area contributed by atoms with Crippen LogP contribution in [0.3, 0.4) is 0 Å². The van der Waals surface area contributed by atoms with Gasteiger partial charge in [-0.1, -0.05) is 13.0 Å². The molecule has 4 heterocycles. The largest absolute Gasteiger partial charge is 0.494 e. The molecule has 0 amide bonds. The van der Waals surface area contributed by atoms with E-state index in [9.17, 15) is 12.8 Å². The van der Waals surface area contributed by atoms with E-state index in [2.05, 4.69) is 30.0 Å². The van der Waals surface area contributed by atoms with Gasteiger partial charge in [-0.2, -0.15) is 5.10 Å². The average Bonchev–Trinajstić information content (AvgIpc) is 3.64. The smallest absolute Gasteiger partial charge is 0.243 e. The van der Waals surface area contributed by atoms with Crippen molar-refractivity contribution in [1.29, 1.82) is 0 Å². The van der Waals surface area contributed by atoms with Gasteiger partial charge in [0.15, 0.2) is 11.6 Å². The lowest BCUT2D eigenvalue weighted by atomic mass is 10.1. The fraction of sp³-hybridized carbons (Fsp3) is 0.375. The van der Waals surface area contributed by atoms with Gasteiger partial charge in [-0.25, -0.2) is 22.8 Å². The number of hydrogen-bond acceptors (Lipinski definition) is 9. The molecule has 38 heavy (non-hydrogen) atoms. The number of halogens is 1. The van der Waals surface area contributed by atoms with Crippen LogP contribution in [0.4, 0.5) is 10.3 Å². The number of aromatic nitrogens is 7. The number of ether oxygens (including phenoxy) is 2. The summed E-state index contributed by atoms with van der Waals surface area (Å²) in [6, 6.07) is 5.23. The summed E-state index contributed by atoms with van der Waals surface area (Å²) in [5.41, 5.74) is 2.14. The van der Waals surface area contributed by atoms with E-state index in [4.69, 9.17) is 9.47 Å². The molecule has 0 radical (unpaired) electrons. The van der Waals surface area contributed by atoms with Gasteiger partial charge in [0.05, 0.1) is 43.6 Å². The van der Waals surface area contributed by atoms with Crippen molar-refractivity contribution < 1.29 is 22.3 Å². The van der Waals surface area contributed by atoms with E-state index >= 15 is 0 Å². The normalized spacial score (nSPS) is 14.7. The van der Waals surface area contributed by atoms with Gasteiger partial charge in [0.25, 0.3) is 0 Å². The van der Waals surface area contributed by atoms with Crippen molar-refractivity contribution in [3.05, 3.63) is 54.1 Å². The maximum atomic E-state index is 13.6. The first-order valence-corrected chi connectivity index (χ1v) is 13.5. The molecule has 200 valence electrons. The molecule has 5 rings (SSSR count). The van der Waals surface area contributed by atoms with E-state index in [1.54, 1.807) is 35.9 Å². The monoisotopic (exact) mass is 542 g/mol. The summed E-state index contributed by atoms with van der Waals surface area (Å²) in [6.07, 6.45) is 5.46. The summed E-state index contributed by atoms with van der Waals surface area (Å²) in [6.45, 7) is 3.98. The molecule has 12 nitrogen and oxygen atoms in total. The average molecular weight is 543 g/mol. The molecule has 14 heteroatoms. The minimum atomic E-state index is -4.06. The Bertz CT molecular complexity index is 1550. The number of hydrogen-bond donors (Lipinski definition) is 1. The predicted molar refractivity (Wildman–Crippen MR) is 136 cm³/mol. The highest BCUT2D eigenvalue weighted by Crippen LogP contribution is 2.39. The highest BCUT2D eigenvalue weighted by Gasteiger charge is 2.33. The lowest BCUT2D eigenvalue weighted by Crippen LogP contribution is -2.31. The molecule has 0 spiro atoms. The first-order valence-electron chi connectivity index (χ1n) is 12.0. The number of anilines is 1. The number of fused-ring (bicyclic) bond motifs is 1. The zero-order valence-corrected chi connectivity index (χ0v) is 22.1.